The van der Waals surface area contributed by atoms with Gasteiger partial charge in [0.2, 0.25) is 0 Å². The molecule has 1 aliphatic heterocycles. The van der Waals surface area contributed by atoms with E-state index in [9.17, 15) is 14.4 Å². The van der Waals surface area contributed by atoms with Crippen LogP contribution in [0.25, 0.3) is 11.0 Å². The van der Waals surface area contributed by atoms with Gasteiger partial charge in [-0.1, -0.05) is 24.3 Å². The normalized spacial score (nSPS) is 15.0. The lowest BCUT2D eigenvalue weighted by Crippen LogP contribution is -2.35. The number of likely N-dealkylation sites (tertiary alicyclic amines) is 1. The van der Waals surface area contributed by atoms with E-state index in [4.69, 9.17) is 9.15 Å². The molecule has 33 heavy (non-hydrogen) atoms. The number of ether oxygens (including phenoxy) is 1. The van der Waals surface area contributed by atoms with E-state index in [0.29, 0.717) is 16.7 Å². The molecule has 4 rings (SSSR count). The zero-order chi connectivity index (χ0) is 23.5. The average molecular weight is 448 g/mol. The van der Waals surface area contributed by atoms with Crippen LogP contribution in [0.3, 0.4) is 0 Å². The number of fused-ring (bicyclic) bond motifs is 1. The molecule has 172 valence electrons. The summed E-state index contributed by atoms with van der Waals surface area (Å²) in [6, 6.07) is 12.5. The van der Waals surface area contributed by atoms with Crippen LogP contribution in [0.15, 0.2) is 51.7 Å². The van der Waals surface area contributed by atoms with E-state index < -0.39 is 5.63 Å². The summed E-state index contributed by atoms with van der Waals surface area (Å²) in [5, 5.41) is 0.774. The first-order chi connectivity index (χ1) is 15.8. The molecule has 0 saturated carbocycles. The summed E-state index contributed by atoms with van der Waals surface area (Å²) in [4.78, 5) is 38.9. The number of hydrogen-bond acceptors (Lipinski definition) is 6. The number of rotatable bonds is 7. The minimum Gasteiger partial charge on any atom is -0.490 e. The minimum atomic E-state index is -0.498. The van der Waals surface area contributed by atoms with Crippen LogP contribution in [0.2, 0.25) is 0 Å². The Balaban J connectivity index is 1.48. The Morgan fingerprint density at radius 2 is 1.76 bits per heavy atom. The number of piperidine rings is 1. The van der Waals surface area contributed by atoms with Crippen LogP contribution < -0.4 is 10.4 Å². The van der Waals surface area contributed by atoms with Gasteiger partial charge >= 0.3 is 5.63 Å². The Bertz CT molecular complexity index is 1230. The highest BCUT2D eigenvalue weighted by molar-refractivity contribution is 5.94. The molecule has 0 N–H and O–H groups in total. The quantitative estimate of drug-likeness (QED) is 0.400. The van der Waals surface area contributed by atoms with Crippen molar-refractivity contribution in [3.8, 4) is 5.75 Å². The van der Waals surface area contributed by atoms with Gasteiger partial charge in [-0.15, -0.1) is 0 Å². The van der Waals surface area contributed by atoms with E-state index in [1.165, 1.54) is 6.92 Å². The summed E-state index contributed by atoms with van der Waals surface area (Å²) in [5.74, 6) is 0.631. The molecule has 1 aromatic heterocycles. The molecule has 6 nitrogen and oxygen atoms in total. The van der Waals surface area contributed by atoms with Gasteiger partial charge < -0.3 is 14.1 Å². The molecular weight excluding hydrogens is 418 g/mol. The van der Waals surface area contributed by atoms with Crippen molar-refractivity contribution in [3.63, 3.8) is 0 Å². The maximum Gasteiger partial charge on any atom is 0.339 e. The van der Waals surface area contributed by atoms with Gasteiger partial charge in [0.15, 0.2) is 5.78 Å². The van der Waals surface area contributed by atoms with Crippen LogP contribution in [-0.4, -0.2) is 42.7 Å². The van der Waals surface area contributed by atoms with Gasteiger partial charge in [-0.3, -0.25) is 9.59 Å². The lowest BCUT2D eigenvalue weighted by molar-refractivity contribution is -0.117. The molecule has 6 heteroatoms. The third kappa shape index (κ3) is 5.40. The van der Waals surface area contributed by atoms with Gasteiger partial charge in [0.1, 0.15) is 23.2 Å². The smallest absolute Gasteiger partial charge is 0.339 e. The van der Waals surface area contributed by atoms with E-state index in [-0.39, 0.29) is 30.5 Å². The van der Waals surface area contributed by atoms with E-state index in [0.717, 1.165) is 48.2 Å². The molecule has 1 saturated heterocycles. The maximum atomic E-state index is 12.6. The number of benzene rings is 2. The number of carbonyl (C=O) groups excluding carboxylic acids is 2. The molecule has 1 aliphatic rings. The third-order valence-corrected chi connectivity index (χ3v) is 6.28. The maximum absolute atomic E-state index is 12.6. The highest BCUT2D eigenvalue weighted by Gasteiger charge is 2.20. The number of aryl methyl sites for hydroxylation is 1. The van der Waals surface area contributed by atoms with Crippen molar-refractivity contribution < 1.29 is 18.7 Å². The van der Waals surface area contributed by atoms with Crippen molar-refractivity contribution in [2.45, 2.75) is 45.6 Å². The van der Waals surface area contributed by atoms with Crippen molar-refractivity contribution in [2.24, 2.45) is 0 Å². The van der Waals surface area contributed by atoms with Crippen molar-refractivity contribution in [3.05, 3.63) is 75.1 Å². The molecule has 0 spiro atoms. The Morgan fingerprint density at radius 1 is 1.06 bits per heavy atom. The second-order valence-corrected chi connectivity index (χ2v) is 8.93. The van der Waals surface area contributed by atoms with E-state index >= 15 is 0 Å². The summed E-state index contributed by atoms with van der Waals surface area (Å²) in [5.41, 5.74) is 2.56. The van der Waals surface area contributed by atoms with Crippen LogP contribution in [0.5, 0.6) is 5.75 Å². The summed E-state index contributed by atoms with van der Waals surface area (Å²) < 4.78 is 11.8. The minimum absolute atomic E-state index is 0.000373. The summed E-state index contributed by atoms with van der Waals surface area (Å²) >= 11 is 0. The molecule has 2 aromatic carbocycles. The van der Waals surface area contributed by atoms with Crippen LogP contribution >= 0.6 is 0 Å². The van der Waals surface area contributed by atoms with Crippen LogP contribution in [-0.2, 0) is 17.6 Å². The summed E-state index contributed by atoms with van der Waals surface area (Å²) in [6.45, 7) is 5.41. The van der Waals surface area contributed by atoms with Crippen LogP contribution in [0.4, 0.5) is 0 Å². The number of nitrogens with zero attached hydrogens (tertiary/aromatic N) is 1. The Morgan fingerprint density at radius 3 is 2.42 bits per heavy atom. The van der Waals surface area contributed by atoms with Crippen LogP contribution in [0.1, 0.15) is 46.8 Å². The lowest BCUT2D eigenvalue weighted by atomic mass is 10.0. The fourth-order valence-corrected chi connectivity index (χ4v) is 4.24. The Kier molecular flexibility index (Phi) is 6.75. The molecule has 0 atom stereocenters. The molecule has 0 radical (unpaired) electrons. The van der Waals surface area contributed by atoms with Gasteiger partial charge in [-0.25, -0.2) is 4.79 Å². The van der Waals surface area contributed by atoms with Crippen molar-refractivity contribution in [2.75, 3.05) is 20.1 Å². The van der Waals surface area contributed by atoms with E-state index in [1.807, 2.05) is 19.1 Å². The van der Waals surface area contributed by atoms with Crippen molar-refractivity contribution in [1.82, 2.24) is 4.90 Å². The first kappa shape index (κ1) is 22.9. The molecule has 0 aliphatic carbocycles. The predicted octanol–water partition coefficient (Wildman–Crippen LogP) is 4.13. The SMILES string of the molecule is CC(=O)c1ccc(CC(=O)Cc2cc3ccc(OC4CCN(C)CC4)c(C)c3oc2=O)cc1. The second kappa shape index (κ2) is 9.71. The van der Waals surface area contributed by atoms with Gasteiger partial charge in [-0.2, -0.15) is 0 Å². The predicted molar refractivity (Wildman–Crippen MR) is 127 cm³/mol. The zero-order valence-corrected chi connectivity index (χ0v) is 19.3. The summed E-state index contributed by atoms with van der Waals surface area (Å²) in [6.07, 6.45) is 2.29. The average Bonchev–Trinajstić information content (AvgIpc) is 2.78. The third-order valence-electron chi connectivity index (χ3n) is 6.28. The Hall–Kier alpha value is -3.25. The standard InChI is InChI=1S/C27H29NO5/c1-17-25(32-24-10-12-28(3)13-11-24)9-8-21-15-22(27(31)33-26(17)21)16-23(30)14-19-4-6-20(7-5-19)18(2)29/h4-9,15,24H,10-14,16H2,1-3H3. The highest BCUT2D eigenvalue weighted by Crippen LogP contribution is 2.29. The van der Waals surface area contributed by atoms with Crippen molar-refractivity contribution >= 4 is 22.5 Å². The van der Waals surface area contributed by atoms with Gasteiger partial charge in [0.25, 0.3) is 0 Å². The Labute approximate surface area is 193 Å². The highest BCUT2D eigenvalue weighted by atomic mass is 16.5. The zero-order valence-electron chi connectivity index (χ0n) is 19.3. The van der Waals surface area contributed by atoms with Gasteiger partial charge in [-0.05, 0) is 57.5 Å². The van der Waals surface area contributed by atoms with Gasteiger partial charge in [0, 0.05) is 48.0 Å². The van der Waals surface area contributed by atoms with E-state index in [2.05, 4.69) is 11.9 Å². The lowest BCUT2D eigenvalue weighted by Gasteiger charge is -2.29. The fraction of sp³-hybridized carbons (Fsp3) is 0.370. The molecule has 0 amide bonds. The largest absolute Gasteiger partial charge is 0.490 e. The second-order valence-electron chi connectivity index (χ2n) is 8.93. The first-order valence-corrected chi connectivity index (χ1v) is 11.3. The monoisotopic (exact) mass is 447 g/mol. The van der Waals surface area contributed by atoms with Crippen LogP contribution in [0, 0.1) is 6.92 Å². The van der Waals surface area contributed by atoms with E-state index in [1.54, 1.807) is 30.3 Å². The molecule has 0 bridgehead atoms. The molecule has 3 aromatic rings. The molecule has 2 heterocycles. The molecular formula is C27H29NO5. The molecule has 1 fully saturated rings. The van der Waals surface area contributed by atoms with Crippen molar-refractivity contribution in [1.29, 1.82) is 0 Å². The first-order valence-electron chi connectivity index (χ1n) is 11.3. The number of Topliss-reactive ketones (excluding diaryl/α,β-unsaturated/α-hetero) is 2. The number of carbonyl (C=O) groups is 2. The topological polar surface area (TPSA) is 76.8 Å². The molecule has 0 unspecified atom stereocenters. The number of ketones is 2. The van der Waals surface area contributed by atoms with Gasteiger partial charge in [0.05, 0.1) is 0 Å². The number of hydrogen-bond donors (Lipinski definition) is 0. The summed E-state index contributed by atoms with van der Waals surface area (Å²) in [7, 11) is 2.11. The fourth-order valence-electron chi connectivity index (χ4n) is 4.24.